The highest BCUT2D eigenvalue weighted by Gasteiger charge is 2.59. The van der Waals surface area contributed by atoms with E-state index < -0.39 is 8.07 Å². The molecular weight excluding hydrogens is 442 g/mol. The van der Waals surface area contributed by atoms with Gasteiger partial charge in [-0.1, -0.05) is 76.3 Å². The predicted octanol–water partition coefficient (Wildman–Crippen LogP) is 6.00. The van der Waals surface area contributed by atoms with Gasteiger partial charge >= 0.3 is 0 Å². The van der Waals surface area contributed by atoms with Crippen LogP contribution in [-0.4, -0.2) is 30.9 Å². The number of piperidine rings is 1. The highest BCUT2D eigenvalue weighted by molar-refractivity contribution is 7.28. The molecule has 1 saturated heterocycles. The van der Waals surface area contributed by atoms with Crippen molar-refractivity contribution in [2.75, 3.05) is 6.54 Å². The van der Waals surface area contributed by atoms with Gasteiger partial charge in [-0.15, -0.1) is 10.2 Å². The number of nitrogens with one attached hydrogen (secondary N) is 1. The molecule has 180 valence electrons. The number of fused-ring (bicyclic) bond motifs is 1. The Kier molecular flexibility index (Phi) is 6.77. The molecule has 6 rings (SSSR count). The Morgan fingerprint density at radius 3 is 2.39 bits per heavy atom. The van der Waals surface area contributed by atoms with E-state index in [1.807, 2.05) is 11.3 Å². The predicted molar refractivity (Wildman–Crippen MR) is 138 cm³/mol. The molecule has 6 heteroatoms. The van der Waals surface area contributed by atoms with E-state index in [-0.39, 0.29) is 0 Å². The SMILES string of the molecule is c1csc([Si](c2nnc(C3CCCCC3)o2)(C2CCCCC2)C2CCNC3CCCCC32)c1. The molecule has 4 unspecified atom stereocenters. The Bertz CT molecular complexity index is 887. The minimum atomic E-state index is -2.21. The van der Waals surface area contributed by atoms with Crippen LogP contribution in [0.5, 0.6) is 0 Å². The van der Waals surface area contributed by atoms with E-state index in [2.05, 4.69) is 22.8 Å². The Morgan fingerprint density at radius 2 is 1.61 bits per heavy atom. The van der Waals surface area contributed by atoms with Crippen LogP contribution < -0.4 is 15.3 Å². The van der Waals surface area contributed by atoms with Crippen LogP contribution in [-0.2, 0) is 0 Å². The normalized spacial score (nSPS) is 31.7. The summed E-state index contributed by atoms with van der Waals surface area (Å²) in [5, 5.41) is 16.1. The Hall–Kier alpha value is -0.983. The van der Waals surface area contributed by atoms with Crippen LogP contribution in [0, 0.1) is 5.92 Å². The number of hydrogen-bond acceptors (Lipinski definition) is 5. The van der Waals surface area contributed by atoms with Crippen LogP contribution in [0.4, 0.5) is 0 Å². The van der Waals surface area contributed by atoms with Gasteiger partial charge in [0.15, 0.2) is 5.51 Å². The van der Waals surface area contributed by atoms with Gasteiger partial charge in [-0.05, 0) is 61.0 Å². The average Bonchev–Trinajstić information content (AvgIpc) is 3.60. The van der Waals surface area contributed by atoms with Crippen molar-refractivity contribution in [3.63, 3.8) is 0 Å². The van der Waals surface area contributed by atoms with E-state index in [0.717, 1.165) is 28.4 Å². The molecule has 4 atom stereocenters. The summed E-state index contributed by atoms with van der Waals surface area (Å²) in [7, 11) is -2.21. The number of thiophene rings is 1. The average molecular weight is 484 g/mol. The van der Waals surface area contributed by atoms with Gasteiger partial charge in [-0.25, -0.2) is 0 Å². The monoisotopic (exact) mass is 483 g/mol. The smallest absolute Gasteiger partial charge is 0.219 e. The zero-order chi connectivity index (χ0) is 22.1. The van der Waals surface area contributed by atoms with Gasteiger partial charge in [0, 0.05) is 16.5 Å². The third kappa shape index (κ3) is 4.08. The molecular formula is C27H41N3OSSi. The Labute approximate surface area is 204 Å². The fraction of sp³-hybridized carbons (Fsp3) is 0.778. The lowest BCUT2D eigenvalue weighted by molar-refractivity contribution is 0.206. The Balaban J connectivity index is 1.48. The molecule has 33 heavy (non-hydrogen) atoms. The van der Waals surface area contributed by atoms with E-state index in [9.17, 15) is 0 Å². The second-order valence-corrected chi connectivity index (χ2v) is 16.9. The largest absolute Gasteiger partial charge is 0.429 e. The molecule has 3 saturated carbocycles. The molecule has 0 bridgehead atoms. The van der Waals surface area contributed by atoms with Crippen LogP contribution in [0.3, 0.4) is 0 Å². The molecule has 2 aromatic heterocycles. The van der Waals surface area contributed by atoms with E-state index in [1.165, 1.54) is 103 Å². The van der Waals surface area contributed by atoms with Gasteiger partial charge in [-0.3, -0.25) is 0 Å². The minimum absolute atomic E-state index is 0.497. The maximum absolute atomic E-state index is 6.92. The summed E-state index contributed by atoms with van der Waals surface area (Å²) >= 11 is 2.01. The van der Waals surface area contributed by atoms with Crippen molar-refractivity contribution in [1.29, 1.82) is 0 Å². The van der Waals surface area contributed by atoms with Crippen LogP contribution in [0.25, 0.3) is 0 Å². The molecule has 0 amide bonds. The van der Waals surface area contributed by atoms with Gasteiger partial charge in [0.05, 0.1) is 0 Å². The summed E-state index contributed by atoms with van der Waals surface area (Å²) in [4.78, 5) is 0. The van der Waals surface area contributed by atoms with Gasteiger partial charge in [0.1, 0.15) is 0 Å². The third-order valence-corrected chi connectivity index (χ3v) is 17.4. The molecule has 4 fully saturated rings. The topological polar surface area (TPSA) is 51.0 Å². The van der Waals surface area contributed by atoms with Crippen LogP contribution in [0.15, 0.2) is 21.9 Å². The molecule has 3 heterocycles. The van der Waals surface area contributed by atoms with Crippen molar-refractivity contribution in [1.82, 2.24) is 15.5 Å². The van der Waals surface area contributed by atoms with E-state index in [1.54, 1.807) is 4.50 Å². The van der Waals surface area contributed by atoms with Crippen LogP contribution >= 0.6 is 11.3 Å². The van der Waals surface area contributed by atoms with Crippen molar-refractivity contribution in [2.45, 2.75) is 119 Å². The first-order valence-corrected chi connectivity index (χ1v) is 17.0. The molecule has 2 aromatic rings. The quantitative estimate of drug-likeness (QED) is 0.530. The number of nitrogens with zero attached hydrogens (tertiary/aromatic N) is 2. The zero-order valence-corrected chi connectivity index (χ0v) is 22.0. The van der Waals surface area contributed by atoms with Crippen LogP contribution in [0.1, 0.15) is 108 Å². The third-order valence-electron chi connectivity index (χ3n) is 9.71. The van der Waals surface area contributed by atoms with E-state index in [0.29, 0.717) is 12.0 Å². The number of rotatable bonds is 5. The second-order valence-electron chi connectivity index (χ2n) is 11.4. The van der Waals surface area contributed by atoms with Gasteiger partial charge in [-0.2, -0.15) is 11.3 Å². The summed E-state index contributed by atoms with van der Waals surface area (Å²) in [6, 6.07) is 5.46. The van der Waals surface area contributed by atoms with Crippen LogP contribution in [0.2, 0.25) is 11.1 Å². The summed E-state index contributed by atoms with van der Waals surface area (Å²) in [5.41, 5.74) is 2.62. The van der Waals surface area contributed by atoms with Crippen molar-refractivity contribution < 1.29 is 4.42 Å². The minimum Gasteiger partial charge on any atom is -0.429 e. The van der Waals surface area contributed by atoms with Crippen molar-refractivity contribution in [3.05, 3.63) is 23.4 Å². The van der Waals surface area contributed by atoms with Gasteiger partial charge < -0.3 is 9.73 Å². The van der Waals surface area contributed by atoms with Gasteiger partial charge in [0.2, 0.25) is 14.0 Å². The second kappa shape index (κ2) is 9.94. The number of aromatic nitrogens is 2. The lowest BCUT2D eigenvalue weighted by atomic mass is 9.79. The van der Waals surface area contributed by atoms with Crippen molar-refractivity contribution >= 4 is 29.4 Å². The Morgan fingerprint density at radius 1 is 0.848 bits per heavy atom. The van der Waals surface area contributed by atoms with E-state index in [4.69, 9.17) is 14.6 Å². The fourth-order valence-corrected chi connectivity index (χ4v) is 17.0. The molecule has 1 N–H and O–H groups in total. The standard InChI is InChI=1S/C27H41N3OSSi/c1-3-10-20(11-4-1)26-29-30-27(31-26)33(25-16-9-19-32-25,21-12-5-2-6-13-21)24-17-18-28-23-15-8-7-14-22(23)24/h9,16,19-24,28H,1-8,10-15,17-18H2. The van der Waals surface area contributed by atoms with E-state index >= 15 is 0 Å². The number of hydrogen-bond donors (Lipinski definition) is 1. The molecule has 0 spiro atoms. The molecule has 4 aliphatic rings. The zero-order valence-electron chi connectivity index (χ0n) is 20.1. The van der Waals surface area contributed by atoms with Crippen molar-refractivity contribution in [2.24, 2.45) is 5.92 Å². The van der Waals surface area contributed by atoms with Crippen molar-refractivity contribution in [3.8, 4) is 0 Å². The lowest BCUT2D eigenvalue weighted by Crippen LogP contribution is -2.68. The summed E-state index contributed by atoms with van der Waals surface area (Å²) in [6.07, 6.45) is 20.2. The highest BCUT2D eigenvalue weighted by atomic mass is 32.1. The summed E-state index contributed by atoms with van der Waals surface area (Å²) in [6.45, 7) is 1.17. The first kappa shape index (κ1) is 22.5. The maximum Gasteiger partial charge on any atom is 0.219 e. The molecule has 0 aromatic carbocycles. The highest BCUT2D eigenvalue weighted by Crippen LogP contribution is 2.51. The molecule has 1 aliphatic heterocycles. The fourth-order valence-electron chi connectivity index (χ4n) is 8.21. The molecule has 0 radical (unpaired) electrons. The first-order chi connectivity index (χ1) is 16.4. The summed E-state index contributed by atoms with van der Waals surface area (Å²) < 4.78 is 8.57. The maximum atomic E-state index is 6.92. The first-order valence-electron chi connectivity index (χ1n) is 14.0. The molecule has 3 aliphatic carbocycles. The summed E-state index contributed by atoms with van der Waals surface area (Å²) in [5.74, 6) is 2.26. The molecule has 4 nitrogen and oxygen atoms in total. The van der Waals surface area contributed by atoms with Gasteiger partial charge in [0.25, 0.3) is 0 Å². The lowest BCUT2D eigenvalue weighted by Gasteiger charge is -2.51.